The van der Waals surface area contributed by atoms with Crippen LogP contribution in [-0.2, 0) is 6.54 Å². The van der Waals surface area contributed by atoms with Gasteiger partial charge in [-0.15, -0.1) is 11.8 Å². The van der Waals surface area contributed by atoms with Gasteiger partial charge in [-0.2, -0.15) is 5.10 Å². The van der Waals surface area contributed by atoms with Gasteiger partial charge in [-0.1, -0.05) is 25.1 Å². The number of rotatable bonds is 5. The Morgan fingerprint density at radius 3 is 2.83 bits per heavy atom. The molecule has 1 atom stereocenters. The van der Waals surface area contributed by atoms with Crippen LogP contribution in [0.25, 0.3) is 0 Å². The molecule has 0 bridgehead atoms. The summed E-state index contributed by atoms with van der Waals surface area (Å²) in [6.07, 6.45) is 4.97. The molecule has 2 aromatic rings. The minimum atomic E-state index is -0.109. The molecule has 0 radical (unpaired) electrons. The molecule has 1 heterocycles. The second-order valence-corrected chi connectivity index (χ2v) is 5.05. The SMILES string of the molecule is CCCn1nccc1C(N)c1ccccc1SC. The second kappa shape index (κ2) is 6.07. The third-order valence-electron chi connectivity index (χ3n) is 2.98. The van der Waals surface area contributed by atoms with Crippen molar-refractivity contribution < 1.29 is 0 Å². The number of aromatic nitrogens is 2. The molecule has 0 aliphatic carbocycles. The van der Waals surface area contributed by atoms with Crippen molar-refractivity contribution in [1.82, 2.24) is 9.78 Å². The molecule has 0 saturated heterocycles. The van der Waals surface area contributed by atoms with E-state index in [-0.39, 0.29) is 6.04 Å². The first-order valence-electron chi connectivity index (χ1n) is 6.18. The largest absolute Gasteiger partial charge is 0.319 e. The van der Waals surface area contributed by atoms with Gasteiger partial charge in [0.15, 0.2) is 0 Å². The molecule has 1 aromatic heterocycles. The second-order valence-electron chi connectivity index (χ2n) is 4.20. The Morgan fingerprint density at radius 2 is 2.11 bits per heavy atom. The highest BCUT2D eigenvalue weighted by molar-refractivity contribution is 7.98. The van der Waals surface area contributed by atoms with Gasteiger partial charge in [0.25, 0.3) is 0 Å². The number of hydrogen-bond acceptors (Lipinski definition) is 3. The van der Waals surface area contributed by atoms with Gasteiger partial charge in [0.2, 0.25) is 0 Å². The predicted molar refractivity (Wildman–Crippen MR) is 76.8 cm³/mol. The number of nitrogens with zero attached hydrogens (tertiary/aromatic N) is 2. The van der Waals surface area contributed by atoms with E-state index < -0.39 is 0 Å². The zero-order valence-electron chi connectivity index (χ0n) is 10.8. The van der Waals surface area contributed by atoms with Gasteiger partial charge in [-0.3, -0.25) is 4.68 Å². The maximum Gasteiger partial charge on any atom is 0.0734 e. The summed E-state index contributed by atoms with van der Waals surface area (Å²) in [7, 11) is 0. The highest BCUT2D eigenvalue weighted by atomic mass is 32.2. The summed E-state index contributed by atoms with van der Waals surface area (Å²) in [5, 5.41) is 4.34. The third-order valence-corrected chi connectivity index (χ3v) is 3.79. The van der Waals surface area contributed by atoms with E-state index in [9.17, 15) is 0 Å². The topological polar surface area (TPSA) is 43.8 Å². The summed E-state index contributed by atoms with van der Waals surface area (Å²) in [6.45, 7) is 3.06. The molecule has 0 saturated carbocycles. The summed E-state index contributed by atoms with van der Waals surface area (Å²) in [6, 6.07) is 10.2. The van der Waals surface area contributed by atoms with Crippen LogP contribution in [0.4, 0.5) is 0 Å². The minimum Gasteiger partial charge on any atom is -0.319 e. The van der Waals surface area contributed by atoms with Crippen LogP contribution in [0.1, 0.15) is 30.6 Å². The van der Waals surface area contributed by atoms with Crippen molar-refractivity contribution in [1.29, 1.82) is 0 Å². The van der Waals surface area contributed by atoms with Crippen molar-refractivity contribution in [3.05, 3.63) is 47.8 Å². The molecule has 18 heavy (non-hydrogen) atoms. The smallest absolute Gasteiger partial charge is 0.0734 e. The monoisotopic (exact) mass is 261 g/mol. The van der Waals surface area contributed by atoms with Crippen molar-refractivity contribution in [2.24, 2.45) is 5.73 Å². The summed E-state index contributed by atoms with van der Waals surface area (Å²) in [5.74, 6) is 0. The number of aryl methyl sites for hydroxylation is 1. The quantitative estimate of drug-likeness (QED) is 0.841. The van der Waals surface area contributed by atoms with Crippen molar-refractivity contribution >= 4 is 11.8 Å². The Labute approximate surface area is 112 Å². The van der Waals surface area contributed by atoms with Crippen molar-refractivity contribution in [3.63, 3.8) is 0 Å². The molecule has 0 fully saturated rings. The lowest BCUT2D eigenvalue weighted by Crippen LogP contribution is -2.18. The maximum atomic E-state index is 6.39. The molecule has 0 amide bonds. The van der Waals surface area contributed by atoms with E-state index in [4.69, 9.17) is 5.73 Å². The van der Waals surface area contributed by atoms with Crippen LogP contribution < -0.4 is 5.73 Å². The van der Waals surface area contributed by atoms with Crippen molar-refractivity contribution in [2.75, 3.05) is 6.26 Å². The fraction of sp³-hybridized carbons (Fsp3) is 0.357. The Bertz CT molecular complexity index is 507. The Morgan fingerprint density at radius 1 is 1.33 bits per heavy atom. The lowest BCUT2D eigenvalue weighted by molar-refractivity contribution is 0.558. The Kier molecular flexibility index (Phi) is 4.44. The Hall–Kier alpha value is -1.26. The minimum absolute atomic E-state index is 0.109. The third kappa shape index (κ3) is 2.60. The highest BCUT2D eigenvalue weighted by Gasteiger charge is 2.16. The fourth-order valence-corrected chi connectivity index (χ4v) is 2.73. The predicted octanol–water partition coefficient (Wildman–Crippen LogP) is 3.06. The number of thioether (sulfide) groups is 1. The van der Waals surface area contributed by atoms with E-state index in [0.29, 0.717) is 0 Å². The lowest BCUT2D eigenvalue weighted by atomic mass is 10.0. The number of nitrogens with two attached hydrogens (primary N) is 1. The molecule has 2 rings (SSSR count). The molecule has 0 aliphatic heterocycles. The van der Waals surface area contributed by atoms with Crippen LogP contribution in [0.15, 0.2) is 41.4 Å². The van der Waals surface area contributed by atoms with E-state index >= 15 is 0 Å². The molecule has 0 spiro atoms. The molecule has 4 heteroatoms. The van der Waals surface area contributed by atoms with Crippen LogP contribution in [0.5, 0.6) is 0 Å². The average Bonchev–Trinajstić information content (AvgIpc) is 2.86. The van der Waals surface area contributed by atoms with Gasteiger partial charge in [-0.25, -0.2) is 0 Å². The summed E-state index contributed by atoms with van der Waals surface area (Å²) in [4.78, 5) is 1.23. The molecular formula is C14H19N3S. The molecule has 2 N–H and O–H groups in total. The fourth-order valence-electron chi connectivity index (χ4n) is 2.09. The number of hydrogen-bond donors (Lipinski definition) is 1. The Balaban J connectivity index is 2.35. The summed E-state index contributed by atoms with van der Waals surface area (Å²) in [5.41, 5.74) is 8.65. The molecule has 1 aromatic carbocycles. The molecular weight excluding hydrogens is 242 g/mol. The zero-order valence-corrected chi connectivity index (χ0v) is 11.7. The van der Waals surface area contributed by atoms with Crippen LogP contribution >= 0.6 is 11.8 Å². The first kappa shape index (κ1) is 13.2. The molecule has 0 aliphatic rings. The van der Waals surface area contributed by atoms with E-state index in [2.05, 4.69) is 30.4 Å². The maximum absolute atomic E-state index is 6.39. The first-order valence-corrected chi connectivity index (χ1v) is 7.40. The summed E-state index contributed by atoms with van der Waals surface area (Å²) < 4.78 is 2.00. The lowest BCUT2D eigenvalue weighted by Gasteiger charge is -2.17. The van der Waals surface area contributed by atoms with Gasteiger partial charge >= 0.3 is 0 Å². The van der Waals surface area contributed by atoms with Crippen molar-refractivity contribution in [3.8, 4) is 0 Å². The van der Waals surface area contributed by atoms with Gasteiger partial charge < -0.3 is 5.73 Å². The van der Waals surface area contributed by atoms with Gasteiger partial charge in [-0.05, 0) is 30.4 Å². The van der Waals surface area contributed by atoms with Crippen LogP contribution in [0.2, 0.25) is 0 Å². The van der Waals surface area contributed by atoms with E-state index in [1.54, 1.807) is 11.8 Å². The van der Waals surface area contributed by atoms with E-state index in [0.717, 1.165) is 18.7 Å². The zero-order chi connectivity index (χ0) is 13.0. The van der Waals surface area contributed by atoms with Crippen LogP contribution in [-0.4, -0.2) is 16.0 Å². The van der Waals surface area contributed by atoms with Crippen LogP contribution in [0, 0.1) is 0 Å². The molecule has 96 valence electrons. The first-order chi connectivity index (χ1) is 8.77. The standard InChI is InChI=1S/C14H19N3S/c1-3-10-17-12(8-9-16-17)14(15)11-6-4-5-7-13(11)18-2/h4-9,14H,3,10,15H2,1-2H3. The van der Waals surface area contributed by atoms with Gasteiger partial charge in [0, 0.05) is 17.6 Å². The van der Waals surface area contributed by atoms with Gasteiger partial charge in [0.1, 0.15) is 0 Å². The van der Waals surface area contributed by atoms with Crippen molar-refractivity contribution in [2.45, 2.75) is 30.8 Å². The average molecular weight is 261 g/mol. The summed E-state index contributed by atoms with van der Waals surface area (Å²) >= 11 is 1.73. The molecule has 1 unspecified atom stereocenters. The van der Waals surface area contributed by atoms with E-state index in [1.807, 2.05) is 29.1 Å². The highest BCUT2D eigenvalue weighted by Crippen LogP contribution is 2.28. The van der Waals surface area contributed by atoms with E-state index in [1.165, 1.54) is 10.5 Å². The normalized spacial score (nSPS) is 12.6. The van der Waals surface area contributed by atoms with Gasteiger partial charge in [0.05, 0.1) is 11.7 Å². The van der Waals surface area contributed by atoms with Crippen LogP contribution in [0.3, 0.4) is 0 Å². The molecule has 3 nitrogen and oxygen atoms in total. The number of benzene rings is 1.